The van der Waals surface area contributed by atoms with Crippen LogP contribution in [-0.4, -0.2) is 5.11 Å². The fourth-order valence-corrected chi connectivity index (χ4v) is 2.62. The Balaban J connectivity index is 2.33. The van der Waals surface area contributed by atoms with E-state index in [9.17, 15) is 5.11 Å². The van der Waals surface area contributed by atoms with Crippen molar-refractivity contribution >= 4 is 15.9 Å². The molecule has 2 aromatic rings. The second kappa shape index (κ2) is 3.11. The third kappa shape index (κ3) is 1.29. The standard InChI is InChI=1S/C13H9BrO/c14-9-6-11-10-4-2-1-3-8(10)5-12(11)13(15)7-9/h1-4,6-7,15H,5H2. The Morgan fingerprint density at radius 3 is 2.73 bits per heavy atom. The van der Waals surface area contributed by atoms with Crippen molar-refractivity contribution in [1.82, 2.24) is 0 Å². The highest BCUT2D eigenvalue weighted by Gasteiger charge is 2.20. The normalized spacial score (nSPS) is 12.3. The smallest absolute Gasteiger partial charge is 0.120 e. The summed E-state index contributed by atoms with van der Waals surface area (Å²) in [4.78, 5) is 0. The average molecular weight is 261 g/mol. The van der Waals surface area contributed by atoms with Gasteiger partial charge in [-0.25, -0.2) is 0 Å². The van der Waals surface area contributed by atoms with E-state index in [-0.39, 0.29) is 0 Å². The van der Waals surface area contributed by atoms with Crippen LogP contribution in [0.5, 0.6) is 5.75 Å². The molecule has 0 aromatic heterocycles. The van der Waals surface area contributed by atoms with E-state index < -0.39 is 0 Å². The van der Waals surface area contributed by atoms with Crippen molar-refractivity contribution < 1.29 is 5.11 Å². The minimum atomic E-state index is 0.385. The molecule has 0 unspecified atom stereocenters. The van der Waals surface area contributed by atoms with E-state index in [0.717, 1.165) is 22.0 Å². The summed E-state index contributed by atoms with van der Waals surface area (Å²) in [5.74, 6) is 0.385. The summed E-state index contributed by atoms with van der Waals surface area (Å²) >= 11 is 3.41. The number of halogens is 1. The number of fused-ring (bicyclic) bond motifs is 3. The van der Waals surface area contributed by atoms with Crippen LogP contribution in [0.2, 0.25) is 0 Å². The minimum absolute atomic E-state index is 0.385. The molecule has 1 N–H and O–H groups in total. The van der Waals surface area contributed by atoms with Gasteiger partial charge in [0.05, 0.1) is 0 Å². The van der Waals surface area contributed by atoms with Crippen molar-refractivity contribution in [3.63, 3.8) is 0 Å². The topological polar surface area (TPSA) is 20.2 Å². The van der Waals surface area contributed by atoms with Crippen LogP contribution in [0.4, 0.5) is 0 Å². The first-order valence-corrected chi connectivity index (χ1v) is 5.64. The number of phenolic OH excluding ortho intramolecular Hbond substituents is 1. The molecular formula is C13H9BrO. The number of rotatable bonds is 0. The van der Waals surface area contributed by atoms with Gasteiger partial charge in [-0.05, 0) is 28.8 Å². The van der Waals surface area contributed by atoms with Crippen LogP contribution in [0.25, 0.3) is 11.1 Å². The fraction of sp³-hybridized carbons (Fsp3) is 0.0769. The number of hydrogen-bond donors (Lipinski definition) is 1. The number of phenols is 1. The van der Waals surface area contributed by atoms with Gasteiger partial charge >= 0.3 is 0 Å². The zero-order valence-corrected chi connectivity index (χ0v) is 9.58. The van der Waals surface area contributed by atoms with Gasteiger partial charge in [0.2, 0.25) is 0 Å². The Kier molecular flexibility index (Phi) is 1.86. The maximum absolute atomic E-state index is 9.85. The summed E-state index contributed by atoms with van der Waals surface area (Å²) in [7, 11) is 0. The maximum Gasteiger partial charge on any atom is 0.120 e. The Labute approximate surface area is 96.5 Å². The molecule has 0 radical (unpaired) electrons. The van der Waals surface area contributed by atoms with Crippen LogP contribution >= 0.6 is 15.9 Å². The first-order chi connectivity index (χ1) is 7.25. The lowest BCUT2D eigenvalue weighted by Crippen LogP contribution is -1.81. The minimum Gasteiger partial charge on any atom is -0.508 e. The SMILES string of the molecule is Oc1cc(Br)cc2c1Cc1ccccc1-2. The molecule has 2 heteroatoms. The van der Waals surface area contributed by atoms with E-state index >= 15 is 0 Å². The van der Waals surface area contributed by atoms with E-state index in [0.29, 0.717) is 5.75 Å². The Bertz CT molecular complexity index is 546. The van der Waals surface area contributed by atoms with Crippen LogP contribution < -0.4 is 0 Å². The lowest BCUT2D eigenvalue weighted by Gasteiger charge is -2.03. The molecule has 1 aliphatic carbocycles. The predicted molar refractivity (Wildman–Crippen MR) is 64.0 cm³/mol. The Morgan fingerprint density at radius 1 is 1.07 bits per heavy atom. The maximum atomic E-state index is 9.85. The molecule has 0 saturated carbocycles. The summed E-state index contributed by atoms with van der Waals surface area (Å²) in [6, 6.07) is 12.1. The highest BCUT2D eigenvalue weighted by Crippen LogP contribution is 2.42. The number of hydrogen-bond acceptors (Lipinski definition) is 1. The molecule has 0 saturated heterocycles. The third-order valence-electron chi connectivity index (χ3n) is 2.87. The summed E-state index contributed by atoms with van der Waals surface area (Å²) in [6.45, 7) is 0. The van der Waals surface area contributed by atoms with E-state index in [2.05, 4.69) is 34.1 Å². The van der Waals surface area contributed by atoms with Gasteiger partial charge in [0.25, 0.3) is 0 Å². The molecule has 0 heterocycles. The molecular weight excluding hydrogens is 252 g/mol. The van der Waals surface area contributed by atoms with Gasteiger partial charge in [0.1, 0.15) is 5.75 Å². The summed E-state index contributed by atoms with van der Waals surface area (Å²) < 4.78 is 0.926. The molecule has 74 valence electrons. The predicted octanol–water partition coefficient (Wildman–Crippen LogP) is 3.73. The summed E-state index contributed by atoms with van der Waals surface area (Å²) in [6.07, 6.45) is 0.838. The van der Waals surface area contributed by atoms with E-state index in [1.54, 1.807) is 6.07 Å². The molecule has 0 aliphatic heterocycles. The van der Waals surface area contributed by atoms with Gasteiger partial charge in [0, 0.05) is 16.5 Å². The zero-order valence-electron chi connectivity index (χ0n) is 8.00. The van der Waals surface area contributed by atoms with Crippen molar-refractivity contribution in [3.05, 3.63) is 52.0 Å². The monoisotopic (exact) mass is 260 g/mol. The van der Waals surface area contributed by atoms with Gasteiger partial charge in [0.15, 0.2) is 0 Å². The van der Waals surface area contributed by atoms with Gasteiger partial charge < -0.3 is 5.11 Å². The van der Waals surface area contributed by atoms with Crippen molar-refractivity contribution in [2.75, 3.05) is 0 Å². The second-order valence-electron chi connectivity index (χ2n) is 3.78. The lowest BCUT2D eigenvalue weighted by molar-refractivity contribution is 0.470. The quantitative estimate of drug-likeness (QED) is 0.653. The van der Waals surface area contributed by atoms with Crippen molar-refractivity contribution in [3.8, 4) is 16.9 Å². The first kappa shape index (κ1) is 8.98. The summed E-state index contributed by atoms with van der Waals surface area (Å²) in [5, 5.41) is 9.85. The highest BCUT2D eigenvalue weighted by atomic mass is 79.9. The molecule has 1 aliphatic rings. The van der Waals surface area contributed by atoms with Crippen molar-refractivity contribution in [2.45, 2.75) is 6.42 Å². The Morgan fingerprint density at radius 2 is 1.87 bits per heavy atom. The van der Waals surface area contributed by atoms with Gasteiger partial charge in [-0.15, -0.1) is 0 Å². The Hall–Kier alpha value is -1.28. The zero-order chi connectivity index (χ0) is 10.4. The van der Waals surface area contributed by atoms with Crippen LogP contribution in [0.15, 0.2) is 40.9 Å². The average Bonchev–Trinajstić information content (AvgIpc) is 2.57. The molecule has 0 atom stereocenters. The molecule has 15 heavy (non-hydrogen) atoms. The fourth-order valence-electron chi connectivity index (χ4n) is 2.18. The van der Waals surface area contributed by atoms with Crippen molar-refractivity contribution in [2.24, 2.45) is 0 Å². The summed E-state index contributed by atoms with van der Waals surface area (Å²) in [5.41, 5.74) is 4.72. The van der Waals surface area contributed by atoms with Crippen LogP contribution in [0, 0.1) is 0 Å². The molecule has 3 rings (SSSR count). The van der Waals surface area contributed by atoms with Crippen LogP contribution in [0.3, 0.4) is 0 Å². The lowest BCUT2D eigenvalue weighted by atomic mass is 10.1. The largest absolute Gasteiger partial charge is 0.508 e. The van der Waals surface area contributed by atoms with Crippen LogP contribution in [0.1, 0.15) is 11.1 Å². The van der Waals surface area contributed by atoms with Gasteiger partial charge in [-0.3, -0.25) is 0 Å². The molecule has 1 nitrogen and oxygen atoms in total. The molecule has 0 bridgehead atoms. The first-order valence-electron chi connectivity index (χ1n) is 4.85. The van der Waals surface area contributed by atoms with Crippen molar-refractivity contribution in [1.29, 1.82) is 0 Å². The number of benzene rings is 2. The molecule has 0 fully saturated rings. The highest BCUT2D eigenvalue weighted by molar-refractivity contribution is 9.10. The van der Waals surface area contributed by atoms with Gasteiger partial charge in [-0.1, -0.05) is 40.2 Å². The van der Waals surface area contributed by atoms with Crippen LogP contribution in [-0.2, 0) is 6.42 Å². The van der Waals surface area contributed by atoms with E-state index in [1.165, 1.54) is 11.1 Å². The molecule has 2 aromatic carbocycles. The van der Waals surface area contributed by atoms with Gasteiger partial charge in [-0.2, -0.15) is 0 Å². The van der Waals surface area contributed by atoms with E-state index in [4.69, 9.17) is 0 Å². The molecule has 0 amide bonds. The van der Waals surface area contributed by atoms with E-state index in [1.807, 2.05) is 12.1 Å². The third-order valence-corrected chi connectivity index (χ3v) is 3.32. The second-order valence-corrected chi connectivity index (χ2v) is 4.70. The number of aromatic hydroxyl groups is 1. The molecule has 0 spiro atoms.